The van der Waals surface area contributed by atoms with Crippen molar-refractivity contribution >= 4 is 5.91 Å². The van der Waals surface area contributed by atoms with Gasteiger partial charge in [-0.3, -0.25) is 4.79 Å². The molecule has 0 aliphatic rings. The largest absolute Gasteiger partial charge is 0.380 e. The van der Waals surface area contributed by atoms with Crippen molar-refractivity contribution in [3.05, 3.63) is 24.3 Å². The van der Waals surface area contributed by atoms with Crippen LogP contribution in [0, 0.1) is 5.92 Å². The SMILES string of the molecule is C/C=C/C=C/C(=O)N[C@H](COCC)CC(C)C. The van der Waals surface area contributed by atoms with Gasteiger partial charge in [-0.25, -0.2) is 0 Å². The van der Waals surface area contributed by atoms with Crippen LogP contribution in [0.15, 0.2) is 24.3 Å². The normalized spacial score (nSPS) is 13.7. The summed E-state index contributed by atoms with van der Waals surface area (Å²) in [5.74, 6) is 0.480. The van der Waals surface area contributed by atoms with Gasteiger partial charge in [0.15, 0.2) is 0 Å². The van der Waals surface area contributed by atoms with Crippen LogP contribution >= 0.6 is 0 Å². The van der Waals surface area contributed by atoms with E-state index in [0.717, 1.165) is 6.42 Å². The summed E-state index contributed by atoms with van der Waals surface area (Å²) in [7, 11) is 0. The van der Waals surface area contributed by atoms with Crippen LogP contribution in [0.1, 0.15) is 34.1 Å². The predicted octanol–water partition coefficient (Wildman–Crippen LogP) is 2.69. The first kappa shape index (κ1) is 15.9. The summed E-state index contributed by atoms with van der Waals surface area (Å²) in [6.45, 7) is 9.41. The van der Waals surface area contributed by atoms with Gasteiger partial charge in [0.25, 0.3) is 0 Å². The molecule has 0 aromatic heterocycles. The first-order chi connectivity index (χ1) is 8.10. The highest BCUT2D eigenvalue weighted by Gasteiger charge is 2.12. The molecule has 1 amide bonds. The van der Waals surface area contributed by atoms with Crippen molar-refractivity contribution in [2.75, 3.05) is 13.2 Å². The molecule has 0 bridgehead atoms. The monoisotopic (exact) mass is 239 g/mol. The van der Waals surface area contributed by atoms with Gasteiger partial charge in [-0.05, 0) is 26.2 Å². The quantitative estimate of drug-likeness (QED) is 0.522. The lowest BCUT2D eigenvalue weighted by molar-refractivity contribution is -0.117. The molecule has 98 valence electrons. The summed E-state index contributed by atoms with van der Waals surface area (Å²) >= 11 is 0. The number of carbonyl (C=O) groups is 1. The van der Waals surface area contributed by atoms with Crippen LogP contribution in [0.2, 0.25) is 0 Å². The third-order valence-corrected chi connectivity index (χ3v) is 2.18. The third-order valence-electron chi connectivity index (χ3n) is 2.18. The molecule has 0 radical (unpaired) electrons. The Labute approximate surface area is 105 Å². The van der Waals surface area contributed by atoms with Gasteiger partial charge < -0.3 is 10.1 Å². The van der Waals surface area contributed by atoms with Gasteiger partial charge >= 0.3 is 0 Å². The van der Waals surface area contributed by atoms with Crippen LogP contribution < -0.4 is 5.32 Å². The lowest BCUT2D eigenvalue weighted by Gasteiger charge is -2.19. The average Bonchev–Trinajstić information content (AvgIpc) is 2.25. The van der Waals surface area contributed by atoms with E-state index >= 15 is 0 Å². The van der Waals surface area contributed by atoms with Crippen molar-refractivity contribution in [3.63, 3.8) is 0 Å². The van der Waals surface area contributed by atoms with Crippen molar-refractivity contribution in [2.24, 2.45) is 5.92 Å². The van der Waals surface area contributed by atoms with Gasteiger partial charge in [-0.1, -0.05) is 32.1 Å². The molecule has 0 saturated carbocycles. The fourth-order valence-electron chi connectivity index (χ4n) is 1.50. The maximum Gasteiger partial charge on any atom is 0.244 e. The van der Waals surface area contributed by atoms with E-state index in [1.165, 1.54) is 0 Å². The minimum Gasteiger partial charge on any atom is -0.380 e. The Hall–Kier alpha value is -1.09. The second-order valence-electron chi connectivity index (χ2n) is 4.38. The highest BCUT2D eigenvalue weighted by molar-refractivity contribution is 5.87. The van der Waals surface area contributed by atoms with Crippen molar-refractivity contribution in [3.8, 4) is 0 Å². The molecule has 0 aromatic carbocycles. The topological polar surface area (TPSA) is 38.3 Å². The minimum absolute atomic E-state index is 0.0616. The second kappa shape index (κ2) is 10.1. The number of ether oxygens (including phenoxy) is 1. The minimum atomic E-state index is -0.0616. The Balaban J connectivity index is 4.16. The molecule has 3 heteroatoms. The van der Waals surface area contributed by atoms with Crippen molar-refractivity contribution in [1.29, 1.82) is 0 Å². The molecule has 0 heterocycles. The van der Waals surface area contributed by atoms with E-state index in [4.69, 9.17) is 4.74 Å². The van der Waals surface area contributed by atoms with E-state index in [0.29, 0.717) is 19.1 Å². The third kappa shape index (κ3) is 9.82. The Morgan fingerprint density at radius 3 is 2.59 bits per heavy atom. The Morgan fingerprint density at radius 2 is 2.06 bits per heavy atom. The van der Waals surface area contributed by atoms with E-state index < -0.39 is 0 Å². The van der Waals surface area contributed by atoms with Crippen molar-refractivity contribution in [2.45, 2.75) is 40.2 Å². The van der Waals surface area contributed by atoms with Crippen LogP contribution in [0.5, 0.6) is 0 Å². The molecule has 0 aliphatic heterocycles. The fourth-order valence-corrected chi connectivity index (χ4v) is 1.50. The number of allylic oxidation sites excluding steroid dienone is 3. The van der Waals surface area contributed by atoms with Crippen LogP contribution in [0.4, 0.5) is 0 Å². The number of amides is 1. The number of nitrogens with one attached hydrogen (secondary N) is 1. The molecular formula is C14H25NO2. The Kier molecular flexibility index (Phi) is 9.44. The zero-order chi connectivity index (χ0) is 13.1. The molecule has 0 aliphatic carbocycles. The summed E-state index contributed by atoms with van der Waals surface area (Å²) in [4.78, 5) is 11.6. The van der Waals surface area contributed by atoms with Gasteiger partial charge in [-0.15, -0.1) is 0 Å². The molecule has 0 aromatic rings. The van der Waals surface area contributed by atoms with Crippen LogP contribution in [0.25, 0.3) is 0 Å². The molecule has 17 heavy (non-hydrogen) atoms. The standard InChI is InChI=1S/C14H25NO2/c1-5-7-8-9-14(16)15-13(10-12(3)4)11-17-6-2/h5,7-9,12-13H,6,10-11H2,1-4H3,(H,15,16)/b7-5+,9-8+/t13-/m0/s1. The molecule has 0 unspecified atom stereocenters. The zero-order valence-corrected chi connectivity index (χ0v) is 11.4. The Bertz CT molecular complexity index is 257. The van der Waals surface area contributed by atoms with Gasteiger partial charge in [0, 0.05) is 12.7 Å². The maximum atomic E-state index is 11.6. The predicted molar refractivity (Wildman–Crippen MR) is 71.8 cm³/mol. The number of hydrogen-bond donors (Lipinski definition) is 1. The van der Waals surface area contributed by atoms with E-state index in [2.05, 4.69) is 19.2 Å². The zero-order valence-electron chi connectivity index (χ0n) is 11.4. The lowest BCUT2D eigenvalue weighted by atomic mass is 10.0. The number of carbonyl (C=O) groups excluding carboxylic acids is 1. The summed E-state index contributed by atoms with van der Waals surface area (Å²) < 4.78 is 5.37. The first-order valence-electron chi connectivity index (χ1n) is 6.27. The van der Waals surface area contributed by atoms with Crippen molar-refractivity contribution in [1.82, 2.24) is 5.32 Å². The van der Waals surface area contributed by atoms with Crippen LogP contribution in [0.3, 0.4) is 0 Å². The van der Waals surface area contributed by atoms with Gasteiger partial charge in [0.05, 0.1) is 12.6 Å². The van der Waals surface area contributed by atoms with E-state index in [1.807, 2.05) is 26.0 Å². The smallest absolute Gasteiger partial charge is 0.244 e. The molecule has 1 atom stereocenters. The maximum absolute atomic E-state index is 11.6. The number of hydrogen-bond acceptors (Lipinski definition) is 2. The summed E-state index contributed by atoms with van der Waals surface area (Å²) in [6.07, 6.45) is 7.93. The van der Waals surface area contributed by atoms with E-state index in [9.17, 15) is 4.79 Å². The molecule has 3 nitrogen and oxygen atoms in total. The second-order valence-corrected chi connectivity index (χ2v) is 4.38. The number of rotatable bonds is 8. The summed E-state index contributed by atoms with van der Waals surface area (Å²) in [5.41, 5.74) is 0. The highest BCUT2D eigenvalue weighted by Crippen LogP contribution is 2.05. The summed E-state index contributed by atoms with van der Waals surface area (Å²) in [6, 6.07) is 0.0951. The van der Waals surface area contributed by atoms with Crippen LogP contribution in [-0.4, -0.2) is 25.2 Å². The molecule has 0 spiro atoms. The molecule has 0 fully saturated rings. The molecule has 0 rings (SSSR count). The van der Waals surface area contributed by atoms with Crippen molar-refractivity contribution < 1.29 is 9.53 Å². The molecule has 0 saturated heterocycles. The van der Waals surface area contributed by atoms with Gasteiger partial charge in [0.1, 0.15) is 0 Å². The van der Waals surface area contributed by atoms with Crippen LogP contribution in [-0.2, 0) is 9.53 Å². The van der Waals surface area contributed by atoms with E-state index in [1.54, 1.807) is 12.2 Å². The lowest BCUT2D eigenvalue weighted by Crippen LogP contribution is -2.38. The first-order valence-corrected chi connectivity index (χ1v) is 6.27. The highest BCUT2D eigenvalue weighted by atomic mass is 16.5. The average molecular weight is 239 g/mol. The molecular weight excluding hydrogens is 214 g/mol. The van der Waals surface area contributed by atoms with E-state index in [-0.39, 0.29) is 11.9 Å². The summed E-state index contributed by atoms with van der Waals surface area (Å²) in [5, 5.41) is 2.96. The molecule has 1 N–H and O–H groups in total. The Morgan fingerprint density at radius 1 is 1.35 bits per heavy atom. The fraction of sp³-hybridized carbons (Fsp3) is 0.643. The van der Waals surface area contributed by atoms with Gasteiger partial charge in [-0.2, -0.15) is 0 Å². The van der Waals surface area contributed by atoms with Gasteiger partial charge in [0.2, 0.25) is 5.91 Å².